The van der Waals surface area contributed by atoms with Crippen molar-refractivity contribution in [1.82, 2.24) is 5.32 Å². The Kier molecular flexibility index (Phi) is 10.1. The number of ether oxygens (including phenoxy) is 4. The third-order valence-electron chi connectivity index (χ3n) is 6.45. The first-order valence-corrected chi connectivity index (χ1v) is 13.9. The molecule has 2 aliphatic heterocycles. The van der Waals surface area contributed by atoms with Crippen LogP contribution in [0.2, 0.25) is 0 Å². The maximum absolute atomic E-state index is 13.1. The zero-order valence-electron chi connectivity index (χ0n) is 26.7. The molecule has 0 aromatic heterocycles. The summed E-state index contributed by atoms with van der Waals surface area (Å²) in [7, 11) is 0. The van der Waals surface area contributed by atoms with Crippen molar-refractivity contribution in [2.45, 2.75) is 108 Å². The molecule has 2 N–H and O–H groups in total. The molecule has 12 nitrogen and oxygen atoms in total. The molecule has 0 bridgehead atoms. The largest absolute Gasteiger partial charge is 0.509 e. The zero-order valence-corrected chi connectivity index (χ0v) is 26.7. The van der Waals surface area contributed by atoms with E-state index in [2.05, 4.69) is 10.3 Å². The number of aliphatic hydroxyl groups excluding tert-OH is 1. The second-order valence-electron chi connectivity index (χ2n) is 14.8. The summed E-state index contributed by atoms with van der Waals surface area (Å²) in [5.74, 6) is -4.93. The summed E-state index contributed by atoms with van der Waals surface area (Å²) in [6.45, 7) is 19.4. The van der Waals surface area contributed by atoms with Crippen molar-refractivity contribution in [1.29, 1.82) is 0 Å². The number of carbonyl (C=O) groups excluding carboxylic acids is 5. The Bertz CT molecular complexity index is 1160. The van der Waals surface area contributed by atoms with Gasteiger partial charge in [-0.3, -0.25) is 34.3 Å². The Morgan fingerprint density at radius 2 is 1.26 bits per heavy atom. The van der Waals surface area contributed by atoms with E-state index in [1.807, 2.05) is 0 Å². The fourth-order valence-electron chi connectivity index (χ4n) is 3.65. The van der Waals surface area contributed by atoms with Gasteiger partial charge in [-0.1, -0.05) is 20.8 Å². The topological polar surface area (TPSA) is 167 Å². The van der Waals surface area contributed by atoms with Gasteiger partial charge in [0.25, 0.3) is 5.91 Å². The van der Waals surface area contributed by atoms with Gasteiger partial charge >= 0.3 is 17.9 Å². The van der Waals surface area contributed by atoms with E-state index in [0.29, 0.717) is 0 Å². The lowest BCUT2D eigenvalue weighted by Gasteiger charge is -2.30. The van der Waals surface area contributed by atoms with Crippen LogP contribution < -0.4 is 5.32 Å². The van der Waals surface area contributed by atoms with Crippen LogP contribution in [0.1, 0.15) is 83.1 Å². The molecule has 2 amide bonds. The summed E-state index contributed by atoms with van der Waals surface area (Å²) in [5.41, 5.74) is -4.02. The minimum Gasteiger partial charge on any atom is -0.509 e. The van der Waals surface area contributed by atoms with Gasteiger partial charge in [-0.05, 0) is 62.3 Å². The molecule has 2 rings (SSSR count). The van der Waals surface area contributed by atoms with Gasteiger partial charge in [0.1, 0.15) is 24.6 Å². The minimum atomic E-state index is -1.28. The molecule has 0 spiro atoms. The summed E-state index contributed by atoms with van der Waals surface area (Å²) < 4.78 is 23.3. The smallest absolute Gasteiger partial charge is 0.311 e. The fourth-order valence-corrected chi connectivity index (χ4v) is 3.65. The molecular formula is C30H46N2O10. The molecule has 1 unspecified atom stereocenters. The van der Waals surface area contributed by atoms with Gasteiger partial charge < -0.3 is 24.1 Å². The fraction of sp³-hybridized carbons (Fsp3) is 0.733. The quantitative estimate of drug-likeness (QED) is 0.343. The molecule has 12 heteroatoms. The van der Waals surface area contributed by atoms with Crippen molar-refractivity contribution in [2.75, 3.05) is 6.61 Å². The lowest BCUT2D eigenvalue weighted by atomic mass is 9.93. The van der Waals surface area contributed by atoms with Gasteiger partial charge in [0, 0.05) is 11.6 Å². The molecule has 1 fully saturated rings. The summed E-state index contributed by atoms with van der Waals surface area (Å²) in [6, 6.07) is 0. The summed E-state index contributed by atoms with van der Waals surface area (Å²) in [4.78, 5) is 67.8. The third-order valence-corrected chi connectivity index (χ3v) is 6.45. The number of hydrogen-bond acceptors (Lipinski definition) is 11. The van der Waals surface area contributed by atoms with Crippen LogP contribution in [-0.4, -0.2) is 72.1 Å². The number of rotatable bonds is 6. The van der Waals surface area contributed by atoms with Gasteiger partial charge in [-0.25, -0.2) is 0 Å². The summed E-state index contributed by atoms with van der Waals surface area (Å²) in [6.07, 6.45) is -3.56. The third kappa shape index (κ3) is 8.39. The Balaban J connectivity index is 2.52. The molecule has 0 aliphatic carbocycles. The van der Waals surface area contributed by atoms with Crippen molar-refractivity contribution in [3.8, 4) is 0 Å². The van der Waals surface area contributed by atoms with E-state index in [1.165, 1.54) is 6.21 Å². The van der Waals surface area contributed by atoms with Crippen LogP contribution in [0.4, 0.5) is 0 Å². The van der Waals surface area contributed by atoms with E-state index < -0.39 is 93.2 Å². The predicted molar refractivity (Wildman–Crippen MR) is 152 cm³/mol. The first kappa shape index (κ1) is 34.9. The van der Waals surface area contributed by atoms with E-state index in [9.17, 15) is 29.1 Å². The molecule has 0 aromatic rings. The van der Waals surface area contributed by atoms with Gasteiger partial charge in [-0.2, -0.15) is 0 Å². The molecule has 0 aromatic carbocycles. The van der Waals surface area contributed by atoms with Crippen molar-refractivity contribution >= 4 is 35.9 Å². The number of hydrogen-bond donors (Lipinski definition) is 2. The van der Waals surface area contributed by atoms with Crippen LogP contribution in [0.25, 0.3) is 0 Å². The minimum absolute atomic E-state index is 0.347. The maximum Gasteiger partial charge on any atom is 0.311 e. The molecule has 0 radical (unpaired) electrons. The lowest BCUT2D eigenvalue weighted by molar-refractivity contribution is -0.178. The SMILES string of the molecule is CC(C)(C)C(=O)NC(=O)C1=C(O)C([C@@H]2O[C@H](COC(=O)C(C)(C)C)[C@@H](OC(=O)C(C)(C)C)[C@H]2OC(=O)C(C)(C)C)C=N1. The highest BCUT2D eigenvalue weighted by atomic mass is 16.7. The highest BCUT2D eigenvalue weighted by Crippen LogP contribution is 2.38. The molecular weight excluding hydrogens is 548 g/mol. The van der Waals surface area contributed by atoms with Crippen LogP contribution >= 0.6 is 0 Å². The standard InChI is InChI=1S/C30H46N2O10/c1-27(2,3)23(35)32-22(34)17-18(33)15(13-31-17)19-21(42-26(38)30(10,11)12)20(41-25(37)29(7,8)9)16(40-19)14-39-24(36)28(4,5)6/h13,15-16,19-21,33H,14H2,1-12H3,(H,32,34,35)/t15?,16-,19+,20-,21+/m1/s1. The van der Waals surface area contributed by atoms with Crippen LogP contribution in [0.3, 0.4) is 0 Å². The van der Waals surface area contributed by atoms with Crippen molar-refractivity contribution in [3.05, 3.63) is 11.5 Å². The highest BCUT2D eigenvalue weighted by Gasteiger charge is 2.55. The van der Waals surface area contributed by atoms with Gasteiger partial charge in [0.15, 0.2) is 17.9 Å². The monoisotopic (exact) mass is 594 g/mol. The van der Waals surface area contributed by atoms with E-state index >= 15 is 0 Å². The number of carbonyl (C=O) groups is 5. The van der Waals surface area contributed by atoms with Crippen LogP contribution in [0, 0.1) is 27.6 Å². The molecule has 2 aliphatic rings. The van der Waals surface area contributed by atoms with E-state index in [-0.39, 0.29) is 6.61 Å². The number of nitrogens with one attached hydrogen (secondary N) is 1. The van der Waals surface area contributed by atoms with E-state index in [0.717, 1.165) is 0 Å². The second-order valence-corrected chi connectivity index (χ2v) is 14.8. The van der Waals surface area contributed by atoms with Crippen LogP contribution in [0.5, 0.6) is 0 Å². The zero-order chi connectivity index (χ0) is 32.6. The second kappa shape index (κ2) is 12.1. The van der Waals surface area contributed by atoms with Crippen LogP contribution in [-0.2, 0) is 42.9 Å². The number of aliphatic hydroxyl groups is 1. The Morgan fingerprint density at radius 3 is 1.71 bits per heavy atom. The van der Waals surface area contributed by atoms with Crippen molar-refractivity contribution in [2.24, 2.45) is 32.6 Å². The predicted octanol–water partition coefficient (Wildman–Crippen LogP) is 3.42. The molecule has 0 saturated carbocycles. The number of nitrogens with zero attached hydrogens (tertiary/aromatic N) is 1. The molecule has 1 saturated heterocycles. The Labute approximate surface area is 247 Å². The molecule has 5 atom stereocenters. The Hall–Kier alpha value is -3.28. The van der Waals surface area contributed by atoms with Gasteiger partial charge in [0.2, 0.25) is 5.91 Å². The summed E-state index contributed by atoms with van der Waals surface area (Å²) >= 11 is 0. The van der Waals surface area contributed by atoms with Crippen LogP contribution in [0.15, 0.2) is 16.4 Å². The first-order chi connectivity index (χ1) is 18.9. The average molecular weight is 595 g/mol. The number of imide groups is 1. The number of amides is 2. The average Bonchev–Trinajstić information content (AvgIpc) is 3.34. The maximum atomic E-state index is 13.1. The lowest BCUT2D eigenvalue weighted by Crippen LogP contribution is -2.46. The number of aliphatic imine (C=N–C) groups is 1. The normalized spacial score (nSPS) is 24.8. The van der Waals surface area contributed by atoms with Gasteiger partial charge in [0.05, 0.1) is 22.2 Å². The van der Waals surface area contributed by atoms with Gasteiger partial charge in [-0.15, -0.1) is 0 Å². The van der Waals surface area contributed by atoms with Crippen molar-refractivity contribution < 1.29 is 48.0 Å². The molecule has 42 heavy (non-hydrogen) atoms. The number of esters is 3. The Morgan fingerprint density at radius 1 is 0.786 bits per heavy atom. The molecule has 2 heterocycles. The summed E-state index contributed by atoms with van der Waals surface area (Å²) in [5, 5.41) is 13.3. The highest BCUT2D eigenvalue weighted by molar-refractivity contribution is 6.07. The first-order valence-electron chi connectivity index (χ1n) is 13.9. The van der Waals surface area contributed by atoms with Crippen molar-refractivity contribution in [3.63, 3.8) is 0 Å². The van der Waals surface area contributed by atoms with E-state index in [4.69, 9.17) is 18.9 Å². The van der Waals surface area contributed by atoms with E-state index in [1.54, 1.807) is 83.1 Å². The molecule has 236 valence electrons.